The molecule has 2 nitrogen and oxygen atoms in total. The van der Waals surface area contributed by atoms with Gasteiger partial charge in [-0.15, -0.1) is 0 Å². The standard InChI is InChI=1S/C18H29FN2/c1-4-20-13-15-7-8-18(17(19)12-15)21-10-5-6-16(9-11-21)14(2)3/h7-8,12,14,16,20H,4-6,9-11,13H2,1-3H3. The molecule has 118 valence electrons. The van der Waals surface area contributed by atoms with E-state index in [0.717, 1.165) is 49.3 Å². The molecule has 21 heavy (non-hydrogen) atoms. The Hall–Kier alpha value is -1.09. The van der Waals surface area contributed by atoms with Crippen molar-refractivity contribution in [1.29, 1.82) is 0 Å². The van der Waals surface area contributed by atoms with Crippen LogP contribution in [0.25, 0.3) is 0 Å². The fraction of sp³-hybridized carbons (Fsp3) is 0.667. The predicted molar refractivity (Wildman–Crippen MR) is 88.2 cm³/mol. The van der Waals surface area contributed by atoms with E-state index in [1.165, 1.54) is 19.3 Å². The molecule has 1 heterocycles. The molecule has 1 unspecified atom stereocenters. The summed E-state index contributed by atoms with van der Waals surface area (Å²) in [6.07, 6.45) is 3.62. The van der Waals surface area contributed by atoms with Crippen molar-refractivity contribution in [2.24, 2.45) is 11.8 Å². The number of hydrogen-bond acceptors (Lipinski definition) is 2. The molecule has 0 amide bonds. The van der Waals surface area contributed by atoms with E-state index >= 15 is 0 Å². The van der Waals surface area contributed by atoms with Crippen LogP contribution in [0.5, 0.6) is 0 Å². The Labute approximate surface area is 128 Å². The zero-order chi connectivity index (χ0) is 15.2. The quantitative estimate of drug-likeness (QED) is 0.875. The van der Waals surface area contributed by atoms with Gasteiger partial charge < -0.3 is 10.2 Å². The van der Waals surface area contributed by atoms with E-state index in [1.807, 2.05) is 12.1 Å². The Bertz CT molecular complexity index is 445. The van der Waals surface area contributed by atoms with E-state index in [4.69, 9.17) is 0 Å². The molecule has 3 heteroatoms. The summed E-state index contributed by atoms with van der Waals surface area (Å²) in [4.78, 5) is 2.23. The van der Waals surface area contributed by atoms with Gasteiger partial charge in [0, 0.05) is 19.6 Å². The van der Waals surface area contributed by atoms with Crippen LogP contribution >= 0.6 is 0 Å². The van der Waals surface area contributed by atoms with Gasteiger partial charge >= 0.3 is 0 Å². The summed E-state index contributed by atoms with van der Waals surface area (Å²) in [6.45, 7) is 10.3. The van der Waals surface area contributed by atoms with Crippen molar-refractivity contribution in [3.05, 3.63) is 29.6 Å². The van der Waals surface area contributed by atoms with Crippen LogP contribution in [0.4, 0.5) is 10.1 Å². The summed E-state index contributed by atoms with van der Waals surface area (Å²) in [6, 6.07) is 5.69. The van der Waals surface area contributed by atoms with Crippen molar-refractivity contribution in [3.8, 4) is 0 Å². The summed E-state index contributed by atoms with van der Waals surface area (Å²) >= 11 is 0. The molecule has 0 aromatic heterocycles. The lowest BCUT2D eigenvalue weighted by Crippen LogP contribution is -2.25. The zero-order valence-electron chi connectivity index (χ0n) is 13.7. The summed E-state index contributed by atoms with van der Waals surface area (Å²) in [5, 5.41) is 3.24. The van der Waals surface area contributed by atoms with E-state index in [-0.39, 0.29) is 5.82 Å². The lowest BCUT2D eigenvalue weighted by molar-refractivity contribution is 0.351. The van der Waals surface area contributed by atoms with Crippen LogP contribution < -0.4 is 10.2 Å². The van der Waals surface area contributed by atoms with Crippen LogP contribution in [0, 0.1) is 17.7 Å². The molecular formula is C18H29FN2. The molecule has 1 atom stereocenters. The first kappa shape index (κ1) is 16.3. The average molecular weight is 292 g/mol. The van der Waals surface area contributed by atoms with E-state index in [9.17, 15) is 4.39 Å². The van der Waals surface area contributed by atoms with Gasteiger partial charge in [0.1, 0.15) is 5.82 Å². The Kier molecular flexibility index (Phi) is 6.04. The van der Waals surface area contributed by atoms with E-state index in [2.05, 4.69) is 31.0 Å². The fourth-order valence-corrected chi connectivity index (χ4v) is 3.22. The van der Waals surface area contributed by atoms with E-state index < -0.39 is 0 Å². The minimum absolute atomic E-state index is 0.0756. The van der Waals surface area contributed by atoms with Crippen molar-refractivity contribution in [2.45, 2.75) is 46.6 Å². The highest BCUT2D eigenvalue weighted by molar-refractivity contribution is 5.49. The van der Waals surface area contributed by atoms with Crippen LogP contribution in [-0.2, 0) is 6.54 Å². The second-order valence-electron chi connectivity index (χ2n) is 6.49. The Morgan fingerprint density at radius 1 is 1.29 bits per heavy atom. The molecule has 1 fully saturated rings. The first-order valence-electron chi connectivity index (χ1n) is 8.36. The highest BCUT2D eigenvalue weighted by Crippen LogP contribution is 2.28. The lowest BCUT2D eigenvalue weighted by atomic mass is 9.89. The highest BCUT2D eigenvalue weighted by atomic mass is 19.1. The second-order valence-corrected chi connectivity index (χ2v) is 6.49. The van der Waals surface area contributed by atoms with E-state index in [1.54, 1.807) is 6.07 Å². The molecule has 1 aromatic rings. The smallest absolute Gasteiger partial charge is 0.146 e. The largest absolute Gasteiger partial charge is 0.369 e. The van der Waals surface area contributed by atoms with Crippen molar-refractivity contribution < 1.29 is 4.39 Å². The minimum atomic E-state index is -0.0756. The Morgan fingerprint density at radius 3 is 2.76 bits per heavy atom. The van der Waals surface area contributed by atoms with Gasteiger partial charge in [-0.1, -0.05) is 26.8 Å². The maximum atomic E-state index is 14.4. The van der Waals surface area contributed by atoms with Crippen molar-refractivity contribution >= 4 is 5.69 Å². The first-order valence-corrected chi connectivity index (χ1v) is 8.36. The average Bonchev–Trinajstić information content (AvgIpc) is 2.71. The molecule has 0 radical (unpaired) electrons. The number of nitrogens with one attached hydrogen (secondary N) is 1. The van der Waals surface area contributed by atoms with Gasteiger partial charge in [0.2, 0.25) is 0 Å². The monoisotopic (exact) mass is 292 g/mol. The molecule has 1 aliphatic heterocycles. The Balaban J connectivity index is 2.04. The molecule has 1 saturated heterocycles. The minimum Gasteiger partial charge on any atom is -0.369 e. The summed E-state index contributed by atoms with van der Waals surface area (Å²) in [7, 11) is 0. The normalized spacial score (nSPS) is 19.9. The maximum absolute atomic E-state index is 14.4. The molecular weight excluding hydrogens is 263 g/mol. The Morgan fingerprint density at radius 2 is 2.10 bits per heavy atom. The molecule has 1 aliphatic rings. The summed E-state index contributed by atoms with van der Waals surface area (Å²) < 4.78 is 14.4. The van der Waals surface area contributed by atoms with Crippen LogP contribution in [0.2, 0.25) is 0 Å². The van der Waals surface area contributed by atoms with Gasteiger partial charge in [-0.3, -0.25) is 0 Å². The summed E-state index contributed by atoms with van der Waals surface area (Å²) in [5.74, 6) is 1.44. The number of benzene rings is 1. The van der Waals surface area contributed by atoms with E-state index in [0.29, 0.717) is 0 Å². The zero-order valence-corrected chi connectivity index (χ0v) is 13.7. The third kappa shape index (κ3) is 4.44. The SMILES string of the molecule is CCNCc1ccc(N2CCCC(C(C)C)CC2)c(F)c1. The van der Waals surface area contributed by atoms with Crippen LogP contribution in [0.15, 0.2) is 18.2 Å². The second kappa shape index (κ2) is 7.79. The molecule has 1 N–H and O–H groups in total. The maximum Gasteiger partial charge on any atom is 0.146 e. The van der Waals surface area contributed by atoms with Gasteiger partial charge in [-0.2, -0.15) is 0 Å². The van der Waals surface area contributed by atoms with Crippen LogP contribution in [0.1, 0.15) is 45.6 Å². The van der Waals surface area contributed by atoms with Gasteiger partial charge in [0.25, 0.3) is 0 Å². The van der Waals surface area contributed by atoms with Gasteiger partial charge in [-0.05, 0) is 55.3 Å². The molecule has 1 aromatic carbocycles. The lowest BCUT2D eigenvalue weighted by Gasteiger charge is -2.24. The summed E-state index contributed by atoms with van der Waals surface area (Å²) in [5.41, 5.74) is 1.80. The fourth-order valence-electron chi connectivity index (χ4n) is 3.22. The predicted octanol–water partition coefficient (Wildman–Crippen LogP) is 4.20. The third-order valence-corrected chi connectivity index (χ3v) is 4.65. The number of nitrogens with zero attached hydrogens (tertiary/aromatic N) is 1. The van der Waals surface area contributed by atoms with Gasteiger partial charge in [0.05, 0.1) is 5.69 Å². The first-order chi connectivity index (χ1) is 10.1. The molecule has 0 saturated carbocycles. The van der Waals surface area contributed by atoms with Gasteiger partial charge in [-0.25, -0.2) is 4.39 Å². The highest BCUT2D eigenvalue weighted by Gasteiger charge is 2.21. The molecule has 0 aliphatic carbocycles. The van der Waals surface area contributed by atoms with Crippen molar-refractivity contribution in [1.82, 2.24) is 5.32 Å². The van der Waals surface area contributed by atoms with Crippen LogP contribution in [0.3, 0.4) is 0 Å². The molecule has 2 rings (SSSR count). The van der Waals surface area contributed by atoms with Crippen molar-refractivity contribution in [2.75, 3.05) is 24.5 Å². The topological polar surface area (TPSA) is 15.3 Å². The number of anilines is 1. The number of rotatable bonds is 5. The van der Waals surface area contributed by atoms with Crippen molar-refractivity contribution in [3.63, 3.8) is 0 Å². The molecule has 0 spiro atoms. The number of halogens is 1. The van der Waals surface area contributed by atoms with Crippen LogP contribution in [-0.4, -0.2) is 19.6 Å². The number of hydrogen-bond donors (Lipinski definition) is 1. The molecule has 0 bridgehead atoms. The third-order valence-electron chi connectivity index (χ3n) is 4.65. The van der Waals surface area contributed by atoms with Gasteiger partial charge in [0.15, 0.2) is 0 Å².